The SMILES string of the molecule is CC(C)c1nccn1[C@@H](C)C(=O)NCc1ccc2nonc2c1. The van der Waals surface area contributed by atoms with Gasteiger partial charge in [-0.05, 0) is 34.9 Å². The van der Waals surface area contributed by atoms with Crippen LogP contribution in [0.5, 0.6) is 0 Å². The molecule has 0 saturated heterocycles. The Bertz CT molecular complexity index is 821. The summed E-state index contributed by atoms with van der Waals surface area (Å²) in [4.78, 5) is 16.7. The molecule has 0 fully saturated rings. The van der Waals surface area contributed by atoms with Crippen molar-refractivity contribution in [1.82, 2.24) is 25.2 Å². The lowest BCUT2D eigenvalue weighted by molar-refractivity contribution is -0.124. The van der Waals surface area contributed by atoms with Gasteiger partial charge in [-0.1, -0.05) is 19.9 Å². The molecule has 0 unspecified atom stereocenters. The molecule has 1 amide bonds. The number of imidazole rings is 1. The summed E-state index contributed by atoms with van der Waals surface area (Å²) in [5.74, 6) is 1.12. The third-order valence-corrected chi connectivity index (χ3v) is 3.80. The van der Waals surface area contributed by atoms with Crippen LogP contribution in [0.15, 0.2) is 35.2 Å². The number of nitrogens with zero attached hydrogens (tertiary/aromatic N) is 4. The van der Waals surface area contributed by atoms with E-state index in [4.69, 9.17) is 0 Å². The maximum absolute atomic E-state index is 12.4. The normalized spacial score (nSPS) is 12.7. The Labute approximate surface area is 133 Å². The summed E-state index contributed by atoms with van der Waals surface area (Å²) < 4.78 is 6.58. The summed E-state index contributed by atoms with van der Waals surface area (Å²) in [7, 11) is 0. The molecule has 0 aliphatic rings. The fraction of sp³-hybridized carbons (Fsp3) is 0.375. The van der Waals surface area contributed by atoms with Gasteiger partial charge in [0.15, 0.2) is 0 Å². The summed E-state index contributed by atoms with van der Waals surface area (Å²) in [5, 5.41) is 10.5. The average molecular weight is 313 g/mol. The summed E-state index contributed by atoms with van der Waals surface area (Å²) >= 11 is 0. The molecule has 7 nitrogen and oxygen atoms in total. The van der Waals surface area contributed by atoms with E-state index in [-0.39, 0.29) is 17.9 Å². The number of benzene rings is 1. The minimum Gasteiger partial charge on any atom is -0.350 e. The van der Waals surface area contributed by atoms with Crippen LogP contribution in [0.1, 0.15) is 44.1 Å². The van der Waals surface area contributed by atoms with Gasteiger partial charge in [-0.15, -0.1) is 0 Å². The molecule has 7 heteroatoms. The Morgan fingerprint density at radius 1 is 1.26 bits per heavy atom. The van der Waals surface area contributed by atoms with E-state index in [0.717, 1.165) is 11.4 Å². The summed E-state index contributed by atoms with van der Waals surface area (Å²) in [5.41, 5.74) is 2.33. The lowest BCUT2D eigenvalue weighted by Crippen LogP contribution is -2.31. The van der Waals surface area contributed by atoms with Gasteiger partial charge in [0.2, 0.25) is 5.91 Å². The van der Waals surface area contributed by atoms with Crippen molar-refractivity contribution in [1.29, 1.82) is 0 Å². The van der Waals surface area contributed by atoms with Crippen molar-refractivity contribution in [3.8, 4) is 0 Å². The number of amides is 1. The van der Waals surface area contributed by atoms with Crippen LogP contribution in [0.25, 0.3) is 11.0 Å². The minimum atomic E-state index is -0.313. The summed E-state index contributed by atoms with van der Waals surface area (Å²) in [6, 6.07) is 5.26. The van der Waals surface area contributed by atoms with Crippen molar-refractivity contribution in [3.63, 3.8) is 0 Å². The molecule has 2 aromatic heterocycles. The van der Waals surface area contributed by atoms with Crippen LogP contribution in [-0.4, -0.2) is 25.8 Å². The highest BCUT2D eigenvalue weighted by atomic mass is 16.6. The van der Waals surface area contributed by atoms with E-state index in [1.165, 1.54) is 0 Å². The Kier molecular flexibility index (Phi) is 4.10. The van der Waals surface area contributed by atoms with Crippen molar-refractivity contribution in [2.24, 2.45) is 0 Å². The highest BCUT2D eigenvalue weighted by Gasteiger charge is 2.18. The van der Waals surface area contributed by atoms with Gasteiger partial charge in [-0.2, -0.15) is 0 Å². The zero-order valence-electron chi connectivity index (χ0n) is 13.4. The Hall–Kier alpha value is -2.70. The predicted octanol–water partition coefficient (Wildman–Crippen LogP) is 2.42. The first kappa shape index (κ1) is 15.2. The van der Waals surface area contributed by atoms with Gasteiger partial charge in [0.25, 0.3) is 0 Å². The van der Waals surface area contributed by atoms with Crippen molar-refractivity contribution in [2.45, 2.75) is 39.3 Å². The highest BCUT2D eigenvalue weighted by Crippen LogP contribution is 2.17. The number of hydrogen-bond acceptors (Lipinski definition) is 5. The number of aromatic nitrogens is 4. The van der Waals surface area contributed by atoms with Crippen LogP contribution in [0, 0.1) is 0 Å². The zero-order chi connectivity index (χ0) is 16.4. The van der Waals surface area contributed by atoms with E-state index in [0.29, 0.717) is 17.6 Å². The zero-order valence-corrected chi connectivity index (χ0v) is 13.4. The van der Waals surface area contributed by atoms with Gasteiger partial charge in [-0.25, -0.2) is 9.61 Å². The van der Waals surface area contributed by atoms with Gasteiger partial charge < -0.3 is 9.88 Å². The van der Waals surface area contributed by atoms with Gasteiger partial charge >= 0.3 is 0 Å². The quantitative estimate of drug-likeness (QED) is 0.782. The molecule has 0 aliphatic carbocycles. The molecule has 3 aromatic rings. The largest absolute Gasteiger partial charge is 0.350 e. The lowest BCUT2D eigenvalue weighted by Gasteiger charge is -2.17. The smallest absolute Gasteiger partial charge is 0.243 e. The number of fused-ring (bicyclic) bond motifs is 1. The van der Waals surface area contributed by atoms with Gasteiger partial charge in [0.05, 0.1) is 0 Å². The molecule has 0 aliphatic heterocycles. The van der Waals surface area contributed by atoms with Gasteiger partial charge in [0, 0.05) is 24.9 Å². The molecule has 3 rings (SSSR count). The number of carbonyl (C=O) groups excluding carboxylic acids is 1. The highest BCUT2D eigenvalue weighted by molar-refractivity contribution is 5.80. The minimum absolute atomic E-state index is 0.0525. The van der Waals surface area contributed by atoms with Crippen molar-refractivity contribution in [3.05, 3.63) is 42.0 Å². The number of hydrogen-bond donors (Lipinski definition) is 1. The molecule has 0 radical (unpaired) electrons. The molecule has 1 aromatic carbocycles. The van der Waals surface area contributed by atoms with Crippen LogP contribution < -0.4 is 5.32 Å². The monoisotopic (exact) mass is 313 g/mol. The third-order valence-electron chi connectivity index (χ3n) is 3.80. The van der Waals surface area contributed by atoms with Crippen LogP contribution in [-0.2, 0) is 11.3 Å². The maximum atomic E-state index is 12.4. The van der Waals surface area contributed by atoms with Gasteiger partial charge in [0.1, 0.15) is 22.9 Å². The first-order valence-electron chi connectivity index (χ1n) is 7.58. The second kappa shape index (κ2) is 6.20. The van der Waals surface area contributed by atoms with Crippen LogP contribution in [0.3, 0.4) is 0 Å². The van der Waals surface area contributed by atoms with E-state index in [1.807, 2.05) is 35.9 Å². The second-order valence-electron chi connectivity index (χ2n) is 5.83. The fourth-order valence-electron chi connectivity index (χ4n) is 2.50. The molecule has 1 atom stereocenters. The molecule has 2 heterocycles. The van der Waals surface area contributed by atoms with E-state index in [1.54, 1.807) is 6.20 Å². The van der Waals surface area contributed by atoms with Gasteiger partial charge in [-0.3, -0.25) is 4.79 Å². The Morgan fingerprint density at radius 3 is 2.83 bits per heavy atom. The fourth-order valence-corrected chi connectivity index (χ4v) is 2.50. The Morgan fingerprint density at radius 2 is 2.04 bits per heavy atom. The predicted molar refractivity (Wildman–Crippen MR) is 84.7 cm³/mol. The number of carbonyl (C=O) groups is 1. The van der Waals surface area contributed by atoms with Crippen LogP contribution >= 0.6 is 0 Å². The van der Waals surface area contributed by atoms with Crippen LogP contribution in [0.2, 0.25) is 0 Å². The first-order chi connectivity index (χ1) is 11.1. The van der Waals surface area contributed by atoms with E-state index >= 15 is 0 Å². The Balaban J connectivity index is 1.67. The molecule has 23 heavy (non-hydrogen) atoms. The molecule has 0 saturated carbocycles. The molecule has 120 valence electrons. The van der Waals surface area contributed by atoms with Crippen molar-refractivity contribution in [2.75, 3.05) is 0 Å². The topological polar surface area (TPSA) is 85.8 Å². The number of nitrogens with one attached hydrogen (secondary N) is 1. The first-order valence-corrected chi connectivity index (χ1v) is 7.58. The summed E-state index contributed by atoms with van der Waals surface area (Å²) in [6.45, 7) is 6.42. The third kappa shape index (κ3) is 3.08. The number of rotatable bonds is 5. The molecule has 1 N–H and O–H groups in total. The maximum Gasteiger partial charge on any atom is 0.243 e. The van der Waals surface area contributed by atoms with Crippen molar-refractivity contribution < 1.29 is 9.42 Å². The standard InChI is InChI=1S/C16H19N5O2/c1-10(2)15-17-6-7-21(15)11(3)16(22)18-9-12-4-5-13-14(8-12)20-23-19-13/h4-8,10-11H,9H2,1-3H3,(H,18,22)/t11-/m0/s1. The van der Waals surface area contributed by atoms with E-state index in [2.05, 4.69) is 39.1 Å². The molecule has 0 bridgehead atoms. The average Bonchev–Trinajstić information content (AvgIpc) is 3.19. The summed E-state index contributed by atoms with van der Waals surface area (Å²) in [6.07, 6.45) is 3.57. The van der Waals surface area contributed by atoms with Crippen molar-refractivity contribution >= 4 is 16.9 Å². The molecular weight excluding hydrogens is 294 g/mol. The lowest BCUT2D eigenvalue weighted by atomic mass is 10.1. The van der Waals surface area contributed by atoms with Crippen LogP contribution in [0.4, 0.5) is 0 Å². The molecule has 0 spiro atoms. The second-order valence-corrected chi connectivity index (χ2v) is 5.83. The van der Waals surface area contributed by atoms with E-state index < -0.39 is 0 Å². The molecular formula is C16H19N5O2. The van der Waals surface area contributed by atoms with E-state index in [9.17, 15) is 4.79 Å².